The molecule has 2 heterocycles. The molecule has 1 aromatic heterocycles. The van der Waals surface area contributed by atoms with Gasteiger partial charge in [-0.05, 0) is 38.1 Å². The summed E-state index contributed by atoms with van der Waals surface area (Å²) in [5, 5.41) is 0.476. The third-order valence-corrected chi connectivity index (χ3v) is 4.89. The van der Waals surface area contributed by atoms with Gasteiger partial charge in [0.1, 0.15) is 5.75 Å². The van der Waals surface area contributed by atoms with Gasteiger partial charge < -0.3 is 13.8 Å². The molecule has 1 fully saturated rings. The molecule has 0 spiro atoms. The quantitative estimate of drug-likeness (QED) is 0.593. The van der Waals surface area contributed by atoms with Gasteiger partial charge in [-0.3, -0.25) is 4.98 Å². The van der Waals surface area contributed by atoms with Gasteiger partial charge in [0.2, 0.25) is 0 Å². The summed E-state index contributed by atoms with van der Waals surface area (Å²) in [7, 11) is -5.71. The van der Waals surface area contributed by atoms with E-state index in [4.69, 9.17) is 4.74 Å². The Hall–Kier alpha value is -2.07. The summed E-state index contributed by atoms with van der Waals surface area (Å²) >= 11 is 0. The van der Waals surface area contributed by atoms with Crippen LogP contribution in [0.4, 0.5) is 18.9 Å². The molecule has 1 aliphatic heterocycles. The van der Waals surface area contributed by atoms with E-state index in [2.05, 4.69) is 14.1 Å². The number of halogens is 3. The summed E-state index contributed by atoms with van der Waals surface area (Å²) in [5.74, 6) is -0.419. The summed E-state index contributed by atoms with van der Waals surface area (Å²) in [6.07, 6.45) is 1.72. The van der Waals surface area contributed by atoms with Gasteiger partial charge >= 0.3 is 15.6 Å². The van der Waals surface area contributed by atoms with Crippen molar-refractivity contribution in [1.82, 2.24) is 4.98 Å². The minimum atomic E-state index is -5.71. The maximum atomic E-state index is 12.5. The molecule has 1 saturated heterocycles. The van der Waals surface area contributed by atoms with Crippen molar-refractivity contribution in [2.75, 3.05) is 18.0 Å². The van der Waals surface area contributed by atoms with Crippen LogP contribution in [0.1, 0.15) is 13.8 Å². The first-order valence-corrected chi connectivity index (χ1v) is 9.27. The number of hydrogen-bond donors (Lipinski definition) is 0. The van der Waals surface area contributed by atoms with Crippen LogP contribution in [0.3, 0.4) is 0 Å². The number of alkyl halides is 3. The number of pyridine rings is 1. The Morgan fingerprint density at radius 1 is 1.19 bits per heavy atom. The van der Waals surface area contributed by atoms with Crippen LogP contribution >= 0.6 is 0 Å². The van der Waals surface area contributed by atoms with E-state index >= 15 is 0 Å². The minimum absolute atomic E-state index is 0.0287. The Morgan fingerprint density at radius 3 is 2.46 bits per heavy atom. The molecular weight excluding hydrogens is 373 g/mol. The van der Waals surface area contributed by atoms with Crippen molar-refractivity contribution in [3.8, 4) is 5.75 Å². The second-order valence-electron chi connectivity index (χ2n) is 6.19. The highest BCUT2D eigenvalue weighted by Gasteiger charge is 2.48. The average molecular weight is 390 g/mol. The number of hydrogen-bond acceptors (Lipinski definition) is 6. The second-order valence-corrected chi connectivity index (χ2v) is 7.73. The zero-order valence-electron chi connectivity index (χ0n) is 14.0. The van der Waals surface area contributed by atoms with Crippen LogP contribution < -0.4 is 9.08 Å². The maximum Gasteiger partial charge on any atom is 0.534 e. The SMILES string of the molecule is CC1CN(c2cnc3ccc(OS(=O)(=O)C(F)(F)F)cc3c2)CC(C)O1. The zero-order chi connectivity index (χ0) is 19.1. The highest BCUT2D eigenvalue weighted by molar-refractivity contribution is 7.88. The highest BCUT2D eigenvalue weighted by Crippen LogP contribution is 2.30. The van der Waals surface area contributed by atoms with Crippen molar-refractivity contribution in [3.63, 3.8) is 0 Å². The number of rotatable bonds is 3. The molecule has 26 heavy (non-hydrogen) atoms. The number of benzene rings is 1. The monoisotopic (exact) mass is 390 g/mol. The summed E-state index contributed by atoms with van der Waals surface area (Å²) < 4.78 is 69.6. The molecule has 10 heteroatoms. The van der Waals surface area contributed by atoms with Gasteiger partial charge in [0.05, 0.1) is 29.6 Å². The molecule has 2 atom stereocenters. The highest BCUT2D eigenvalue weighted by atomic mass is 32.2. The molecule has 0 aliphatic carbocycles. The fourth-order valence-corrected chi connectivity index (χ4v) is 3.34. The van der Waals surface area contributed by atoms with Gasteiger partial charge in [-0.15, -0.1) is 0 Å². The molecule has 0 radical (unpaired) electrons. The molecule has 0 saturated carbocycles. The Bertz CT molecular complexity index is 907. The van der Waals surface area contributed by atoms with Crippen molar-refractivity contribution in [1.29, 1.82) is 0 Å². The average Bonchev–Trinajstić information content (AvgIpc) is 2.51. The topological polar surface area (TPSA) is 68.7 Å². The summed E-state index contributed by atoms with van der Waals surface area (Å²) in [6.45, 7) is 5.20. The van der Waals surface area contributed by atoms with Crippen LogP contribution in [0.2, 0.25) is 0 Å². The largest absolute Gasteiger partial charge is 0.534 e. The molecule has 0 bridgehead atoms. The number of ether oxygens (including phenoxy) is 1. The summed E-state index contributed by atoms with van der Waals surface area (Å²) in [6, 6.07) is 5.50. The first-order chi connectivity index (χ1) is 12.0. The second kappa shape index (κ2) is 6.58. The lowest BCUT2D eigenvalue weighted by Crippen LogP contribution is -2.45. The summed E-state index contributed by atoms with van der Waals surface area (Å²) in [4.78, 5) is 6.34. The predicted molar refractivity (Wildman–Crippen MR) is 89.6 cm³/mol. The number of aromatic nitrogens is 1. The maximum absolute atomic E-state index is 12.5. The van der Waals surface area contributed by atoms with E-state index in [1.165, 1.54) is 12.1 Å². The van der Waals surface area contributed by atoms with E-state index in [0.29, 0.717) is 24.0 Å². The van der Waals surface area contributed by atoms with E-state index < -0.39 is 21.4 Å². The Morgan fingerprint density at radius 2 is 1.85 bits per heavy atom. The lowest BCUT2D eigenvalue weighted by molar-refractivity contribution is -0.0500. The van der Waals surface area contributed by atoms with Crippen LogP contribution in [0.15, 0.2) is 30.5 Å². The number of morpholine rings is 1. The Balaban J connectivity index is 1.91. The first-order valence-electron chi connectivity index (χ1n) is 7.86. The van der Waals surface area contributed by atoms with Gasteiger partial charge in [0.25, 0.3) is 0 Å². The lowest BCUT2D eigenvalue weighted by Gasteiger charge is -2.36. The predicted octanol–water partition coefficient (Wildman–Crippen LogP) is 3.08. The smallest absolute Gasteiger partial charge is 0.376 e. The normalized spacial score (nSPS) is 21.8. The van der Waals surface area contributed by atoms with Gasteiger partial charge in [-0.2, -0.15) is 21.6 Å². The van der Waals surface area contributed by atoms with E-state index in [1.54, 1.807) is 12.3 Å². The minimum Gasteiger partial charge on any atom is -0.376 e. The van der Waals surface area contributed by atoms with E-state index in [1.807, 2.05) is 13.8 Å². The fourth-order valence-electron chi connectivity index (χ4n) is 2.89. The molecule has 0 amide bonds. The number of anilines is 1. The number of nitrogens with zero attached hydrogens (tertiary/aromatic N) is 2. The van der Waals surface area contributed by atoms with E-state index in [9.17, 15) is 21.6 Å². The van der Waals surface area contributed by atoms with Crippen molar-refractivity contribution in [2.45, 2.75) is 31.6 Å². The lowest BCUT2D eigenvalue weighted by atomic mass is 10.1. The van der Waals surface area contributed by atoms with Crippen LogP contribution in [0.5, 0.6) is 5.75 Å². The third kappa shape index (κ3) is 3.85. The zero-order valence-corrected chi connectivity index (χ0v) is 14.8. The van der Waals surface area contributed by atoms with Gasteiger partial charge in [0, 0.05) is 18.5 Å². The van der Waals surface area contributed by atoms with Crippen molar-refractivity contribution < 1.29 is 30.5 Å². The van der Waals surface area contributed by atoms with Crippen molar-refractivity contribution in [2.24, 2.45) is 0 Å². The van der Waals surface area contributed by atoms with E-state index in [0.717, 1.165) is 11.8 Å². The molecule has 1 aromatic carbocycles. The van der Waals surface area contributed by atoms with Crippen LogP contribution in [0.25, 0.3) is 10.9 Å². The van der Waals surface area contributed by atoms with Crippen molar-refractivity contribution >= 4 is 26.7 Å². The molecule has 0 N–H and O–H groups in total. The van der Waals surface area contributed by atoms with Crippen LogP contribution in [0, 0.1) is 0 Å². The molecule has 3 rings (SSSR count). The van der Waals surface area contributed by atoms with E-state index in [-0.39, 0.29) is 12.2 Å². The third-order valence-electron chi connectivity index (χ3n) is 3.91. The molecule has 2 unspecified atom stereocenters. The van der Waals surface area contributed by atoms with Gasteiger partial charge in [-0.1, -0.05) is 0 Å². The molecule has 2 aromatic rings. The van der Waals surface area contributed by atoms with Crippen LogP contribution in [-0.2, 0) is 14.9 Å². The molecule has 6 nitrogen and oxygen atoms in total. The Labute approximate surface area is 148 Å². The van der Waals surface area contributed by atoms with Crippen LogP contribution in [-0.4, -0.2) is 44.2 Å². The molecular formula is C16H17F3N2O4S. The fraction of sp³-hybridized carbons (Fsp3) is 0.438. The van der Waals surface area contributed by atoms with Crippen molar-refractivity contribution in [3.05, 3.63) is 30.5 Å². The number of fused-ring (bicyclic) bond motifs is 1. The Kier molecular flexibility index (Phi) is 4.74. The molecule has 142 valence electrons. The first kappa shape index (κ1) is 18.7. The van der Waals surface area contributed by atoms with Gasteiger partial charge in [0.15, 0.2) is 0 Å². The standard InChI is InChI=1S/C16H17F3N2O4S/c1-10-8-21(9-11(2)24-10)13-5-12-6-14(3-4-15(12)20-7-13)25-26(22,23)16(17,18)19/h3-7,10-11H,8-9H2,1-2H3. The summed E-state index contributed by atoms with van der Waals surface area (Å²) in [5.41, 5.74) is -4.20. The van der Waals surface area contributed by atoms with Gasteiger partial charge in [-0.25, -0.2) is 0 Å². The molecule has 1 aliphatic rings.